The third-order valence-corrected chi connectivity index (χ3v) is 4.67. The smallest absolute Gasteiger partial charge is 0.326 e. The first kappa shape index (κ1) is 23.3. The molecule has 0 aliphatic rings. The Morgan fingerprint density at radius 2 is 1.52 bits per heavy atom. The summed E-state index contributed by atoms with van der Waals surface area (Å²) in [5, 5.41) is 5.22. The van der Waals surface area contributed by atoms with E-state index >= 15 is 0 Å². The van der Waals surface area contributed by atoms with Gasteiger partial charge in [0, 0.05) is 22.9 Å². The molecule has 170 valence electrons. The highest BCUT2D eigenvalue weighted by Crippen LogP contribution is 2.22. The Bertz CT molecular complexity index is 1100. The summed E-state index contributed by atoms with van der Waals surface area (Å²) in [4.78, 5) is 37.7. The quantitative estimate of drug-likeness (QED) is 0.487. The first-order chi connectivity index (χ1) is 16.0. The van der Waals surface area contributed by atoms with Crippen molar-refractivity contribution in [3.8, 4) is 11.5 Å². The van der Waals surface area contributed by atoms with Crippen LogP contribution in [0.5, 0.6) is 11.5 Å². The molecule has 0 aliphatic heterocycles. The molecule has 0 saturated carbocycles. The number of methoxy groups -OCH3 is 2. The van der Waals surface area contributed by atoms with Crippen LogP contribution >= 0.6 is 0 Å². The number of hydrogen-bond donors (Lipinski definition) is 2. The predicted molar refractivity (Wildman–Crippen MR) is 122 cm³/mol. The molecule has 3 aromatic carbocycles. The van der Waals surface area contributed by atoms with E-state index in [4.69, 9.17) is 14.2 Å². The van der Waals surface area contributed by atoms with Gasteiger partial charge < -0.3 is 24.8 Å². The maximum Gasteiger partial charge on any atom is 0.326 e. The zero-order valence-electron chi connectivity index (χ0n) is 18.2. The zero-order chi connectivity index (χ0) is 23.6. The van der Waals surface area contributed by atoms with E-state index in [9.17, 15) is 14.4 Å². The molecular weight excluding hydrogens is 424 g/mol. The number of rotatable bonds is 9. The van der Waals surface area contributed by atoms with Crippen LogP contribution in [0.2, 0.25) is 0 Å². The molecular formula is C25H24N2O6. The van der Waals surface area contributed by atoms with Gasteiger partial charge in [0.05, 0.1) is 14.2 Å². The number of hydrogen-bond acceptors (Lipinski definition) is 6. The molecule has 0 saturated heterocycles. The van der Waals surface area contributed by atoms with Gasteiger partial charge in [-0.25, -0.2) is 0 Å². The van der Waals surface area contributed by atoms with Crippen molar-refractivity contribution in [1.29, 1.82) is 0 Å². The number of carbonyl (C=O) groups excluding carboxylic acids is 3. The fourth-order valence-electron chi connectivity index (χ4n) is 2.98. The van der Waals surface area contributed by atoms with Crippen LogP contribution in [-0.4, -0.2) is 38.5 Å². The Labute approximate surface area is 191 Å². The summed E-state index contributed by atoms with van der Waals surface area (Å²) in [7, 11) is 3.05. The van der Waals surface area contributed by atoms with E-state index in [2.05, 4.69) is 10.6 Å². The number of nitrogens with one attached hydrogen (secondary N) is 2. The van der Waals surface area contributed by atoms with Gasteiger partial charge in [0.25, 0.3) is 11.8 Å². The summed E-state index contributed by atoms with van der Waals surface area (Å²) in [5.41, 5.74) is 1.34. The molecule has 1 atom stereocenters. The second-order valence-corrected chi connectivity index (χ2v) is 6.91. The molecule has 0 fully saturated rings. The standard InChI is InChI=1S/C25H24N2O6/c1-31-20-13-11-18(12-14-20)24(29)26-16-22(28)33-23(17-7-4-3-5-8-17)25(30)27-19-9-6-10-21(15-19)32-2/h3-15,23H,16H2,1-2H3,(H,26,29)(H,27,30)/t23-/m0/s1. The van der Waals surface area contributed by atoms with Crippen molar-refractivity contribution < 1.29 is 28.6 Å². The van der Waals surface area contributed by atoms with Crippen molar-refractivity contribution in [2.24, 2.45) is 0 Å². The van der Waals surface area contributed by atoms with Crippen LogP contribution in [0.1, 0.15) is 22.0 Å². The molecule has 3 rings (SSSR count). The lowest BCUT2D eigenvalue weighted by Gasteiger charge is -2.18. The van der Waals surface area contributed by atoms with Crippen LogP contribution in [0.15, 0.2) is 78.9 Å². The van der Waals surface area contributed by atoms with Gasteiger partial charge in [-0.2, -0.15) is 0 Å². The molecule has 0 bridgehead atoms. The average molecular weight is 448 g/mol. The summed E-state index contributed by atoms with van der Waals surface area (Å²) in [6.07, 6.45) is -1.21. The maximum absolute atomic E-state index is 12.9. The molecule has 2 amide bonds. The fourth-order valence-corrected chi connectivity index (χ4v) is 2.98. The Hall–Kier alpha value is -4.33. The highest BCUT2D eigenvalue weighted by molar-refractivity contribution is 5.98. The third kappa shape index (κ3) is 6.57. The Morgan fingerprint density at radius 1 is 0.818 bits per heavy atom. The van der Waals surface area contributed by atoms with Crippen molar-refractivity contribution in [2.75, 3.05) is 26.1 Å². The summed E-state index contributed by atoms with van der Waals surface area (Å²) in [5.74, 6) is -0.566. The van der Waals surface area contributed by atoms with Crippen LogP contribution in [-0.2, 0) is 14.3 Å². The largest absolute Gasteiger partial charge is 0.497 e. The van der Waals surface area contributed by atoms with Crippen LogP contribution < -0.4 is 20.1 Å². The molecule has 2 N–H and O–H groups in total. The summed E-state index contributed by atoms with van der Waals surface area (Å²) in [6, 6.07) is 21.9. The fraction of sp³-hybridized carbons (Fsp3) is 0.160. The van der Waals surface area contributed by atoms with Crippen molar-refractivity contribution in [2.45, 2.75) is 6.10 Å². The second kappa shape index (κ2) is 11.3. The van der Waals surface area contributed by atoms with Gasteiger partial charge in [-0.05, 0) is 36.4 Å². The zero-order valence-corrected chi connectivity index (χ0v) is 18.2. The topological polar surface area (TPSA) is 103 Å². The highest BCUT2D eigenvalue weighted by Gasteiger charge is 2.25. The highest BCUT2D eigenvalue weighted by atomic mass is 16.5. The minimum atomic E-state index is -1.21. The molecule has 0 aromatic heterocycles. The number of esters is 1. The van der Waals surface area contributed by atoms with Gasteiger partial charge >= 0.3 is 5.97 Å². The van der Waals surface area contributed by atoms with Crippen LogP contribution in [0.25, 0.3) is 0 Å². The van der Waals surface area contributed by atoms with E-state index in [-0.39, 0.29) is 0 Å². The van der Waals surface area contributed by atoms with E-state index in [1.54, 1.807) is 78.9 Å². The Balaban J connectivity index is 1.66. The number of anilines is 1. The van der Waals surface area contributed by atoms with Crippen LogP contribution in [0, 0.1) is 0 Å². The monoisotopic (exact) mass is 448 g/mol. The van der Waals surface area contributed by atoms with E-state index in [0.717, 1.165) is 0 Å². The van der Waals surface area contributed by atoms with Gasteiger partial charge in [0.1, 0.15) is 18.0 Å². The molecule has 0 heterocycles. The molecule has 8 heteroatoms. The molecule has 0 spiro atoms. The van der Waals surface area contributed by atoms with Gasteiger partial charge in [-0.1, -0.05) is 36.4 Å². The van der Waals surface area contributed by atoms with Crippen molar-refractivity contribution in [3.05, 3.63) is 90.0 Å². The first-order valence-corrected chi connectivity index (χ1v) is 10.1. The molecule has 0 aliphatic carbocycles. The van der Waals surface area contributed by atoms with Gasteiger partial charge in [0.15, 0.2) is 0 Å². The Kier molecular flexibility index (Phi) is 8.02. The molecule has 33 heavy (non-hydrogen) atoms. The summed E-state index contributed by atoms with van der Waals surface area (Å²) >= 11 is 0. The van der Waals surface area contributed by atoms with Crippen molar-refractivity contribution >= 4 is 23.5 Å². The van der Waals surface area contributed by atoms with Gasteiger partial charge in [-0.3, -0.25) is 14.4 Å². The molecule has 8 nitrogen and oxygen atoms in total. The van der Waals surface area contributed by atoms with Crippen LogP contribution in [0.3, 0.4) is 0 Å². The van der Waals surface area contributed by atoms with E-state index < -0.39 is 30.4 Å². The SMILES string of the molecule is COc1ccc(C(=O)NCC(=O)O[C@H](C(=O)Nc2cccc(OC)c2)c2ccccc2)cc1. The number of ether oxygens (including phenoxy) is 3. The minimum absolute atomic E-state index is 0.360. The first-order valence-electron chi connectivity index (χ1n) is 10.1. The molecule has 3 aromatic rings. The number of amides is 2. The lowest BCUT2D eigenvalue weighted by molar-refractivity contribution is -0.153. The van der Waals surface area contributed by atoms with Crippen LogP contribution in [0.4, 0.5) is 5.69 Å². The molecule has 0 unspecified atom stereocenters. The predicted octanol–water partition coefficient (Wildman–Crippen LogP) is 3.36. The van der Waals surface area contributed by atoms with E-state index in [0.29, 0.717) is 28.3 Å². The summed E-state index contributed by atoms with van der Waals surface area (Å²) in [6.45, 7) is -0.402. The third-order valence-electron chi connectivity index (χ3n) is 4.67. The lowest BCUT2D eigenvalue weighted by atomic mass is 10.1. The van der Waals surface area contributed by atoms with Crippen molar-refractivity contribution in [3.63, 3.8) is 0 Å². The van der Waals surface area contributed by atoms with Gasteiger partial charge in [0.2, 0.25) is 6.10 Å². The number of carbonyl (C=O) groups is 3. The summed E-state index contributed by atoms with van der Waals surface area (Å²) < 4.78 is 15.7. The lowest BCUT2D eigenvalue weighted by Crippen LogP contribution is -2.33. The second-order valence-electron chi connectivity index (χ2n) is 6.91. The van der Waals surface area contributed by atoms with Crippen molar-refractivity contribution in [1.82, 2.24) is 5.32 Å². The van der Waals surface area contributed by atoms with E-state index in [1.165, 1.54) is 14.2 Å². The van der Waals surface area contributed by atoms with E-state index in [1.807, 2.05) is 0 Å². The Morgan fingerprint density at radius 3 is 2.18 bits per heavy atom. The normalized spacial score (nSPS) is 11.1. The maximum atomic E-state index is 12.9. The average Bonchev–Trinajstić information content (AvgIpc) is 2.86. The molecule has 0 radical (unpaired) electrons. The van der Waals surface area contributed by atoms with Gasteiger partial charge in [-0.15, -0.1) is 0 Å². The minimum Gasteiger partial charge on any atom is -0.497 e. The number of benzene rings is 3.